The third-order valence-electron chi connectivity index (χ3n) is 2.89. The van der Waals surface area contributed by atoms with Crippen LogP contribution in [0.3, 0.4) is 0 Å². The van der Waals surface area contributed by atoms with Gasteiger partial charge in [-0.3, -0.25) is 14.6 Å². The second kappa shape index (κ2) is 5.68. The maximum absolute atomic E-state index is 4.40. The fourth-order valence-corrected chi connectivity index (χ4v) is 1.83. The van der Waals surface area contributed by atoms with E-state index in [1.165, 1.54) is 0 Å². The van der Waals surface area contributed by atoms with Gasteiger partial charge in [0.25, 0.3) is 0 Å². The maximum atomic E-state index is 4.40. The van der Waals surface area contributed by atoms with Gasteiger partial charge in [-0.05, 0) is 20.9 Å². The molecule has 6 nitrogen and oxygen atoms in total. The summed E-state index contributed by atoms with van der Waals surface area (Å²) in [6.45, 7) is 4.81. The largest absolute Gasteiger partial charge is 0.311 e. The van der Waals surface area contributed by atoms with Crippen molar-refractivity contribution in [1.29, 1.82) is 0 Å². The highest BCUT2D eigenvalue weighted by Crippen LogP contribution is 2.14. The standard InChI is InChI=1S/C12H18N6/c1-4-18-12(16-8-17-18)5-10(13-3)11-7-14-9(2)6-15-11/h6-8,10,13H,4-5H2,1-3H3. The Morgan fingerprint density at radius 2 is 2.11 bits per heavy atom. The van der Waals surface area contributed by atoms with Crippen LogP contribution in [0.2, 0.25) is 0 Å². The van der Waals surface area contributed by atoms with E-state index in [0.717, 1.165) is 30.2 Å². The first-order valence-electron chi connectivity index (χ1n) is 6.07. The van der Waals surface area contributed by atoms with E-state index < -0.39 is 0 Å². The first-order chi connectivity index (χ1) is 8.74. The van der Waals surface area contributed by atoms with E-state index in [9.17, 15) is 0 Å². The maximum Gasteiger partial charge on any atom is 0.138 e. The molecule has 96 valence electrons. The average Bonchev–Trinajstić information content (AvgIpc) is 2.84. The van der Waals surface area contributed by atoms with Crippen molar-refractivity contribution in [1.82, 2.24) is 30.0 Å². The first-order valence-corrected chi connectivity index (χ1v) is 6.07. The molecule has 2 aromatic rings. The Bertz CT molecular complexity index is 490. The summed E-state index contributed by atoms with van der Waals surface area (Å²) in [4.78, 5) is 13.0. The number of rotatable bonds is 5. The topological polar surface area (TPSA) is 68.5 Å². The highest BCUT2D eigenvalue weighted by molar-refractivity contribution is 5.08. The molecular formula is C12H18N6. The Hall–Kier alpha value is -1.82. The fourth-order valence-electron chi connectivity index (χ4n) is 1.83. The lowest BCUT2D eigenvalue weighted by Crippen LogP contribution is -2.22. The molecule has 18 heavy (non-hydrogen) atoms. The molecule has 0 spiro atoms. The Morgan fingerprint density at radius 3 is 2.72 bits per heavy atom. The second-order valence-corrected chi connectivity index (χ2v) is 4.12. The lowest BCUT2D eigenvalue weighted by Gasteiger charge is -2.15. The van der Waals surface area contributed by atoms with Gasteiger partial charge in [0.2, 0.25) is 0 Å². The van der Waals surface area contributed by atoms with Crippen molar-refractivity contribution in [3.63, 3.8) is 0 Å². The molecule has 0 aliphatic rings. The van der Waals surface area contributed by atoms with Crippen molar-refractivity contribution in [3.05, 3.63) is 35.9 Å². The molecular weight excluding hydrogens is 228 g/mol. The Morgan fingerprint density at radius 1 is 1.28 bits per heavy atom. The van der Waals surface area contributed by atoms with Gasteiger partial charge < -0.3 is 5.32 Å². The number of nitrogens with one attached hydrogen (secondary N) is 1. The molecule has 0 aliphatic heterocycles. The molecule has 0 amide bonds. The quantitative estimate of drug-likeness (QED) is 0.849. The molecule has 0 aliphatic carbocycles. The van der Waals surface area contributed by atoms with Crippen LogP contribution in [-0.2, 0) is 13.0 Å². The number of likely N-dealkylation sites (N-methyl/N-ethyl adjacent to an activating group) is 1. The Balaban J connectivity index is 2.17. The van der Waals surface area contributed by atoms with Gasteiger partial charge in [-0.2, -0.15) is 5.10 Å². The van der Waals surface area contributed by atoms with Crippen LogP contribution in [0.15, 0.2) is 18.7 Å². The summed E-state index contributed by atoms with van der Waals surface area (Å²) in [7, 11) is 1.92. The van der Waals surface area contributed by atoms with E-state index >= 15 is 0 Å². The van der Waals surface area contributed by atoms with E-state index in [1.54, 1.807) is 12.5 Å². The molecule has 6 heteroatoms. The van der Waals surface area contributed by atoms with Gasteiger partial charge in [0, 0.05) is 19.2 Å². The molecule has 1 atom stereocenters. The van der Waals surface area contributed by atoms with E-state index in [0.29, 0.717) is 0 Å². The van der Waals surface area contributed by atoms with Crippen LogP contribution >= 0.6 is 0 Å². The minimum atomic E-state index is 0.104. The van der Waals surface area contributed by atoms with Crippen LogP contribution in [0.4, 0.5) is 0 Å². The van der Waals surface area contributed by atoms with Gasteiger partial charge in [-0.1, -0.05) is 0 Å². The summed E-state index contributed by atoms with van der Waals surface area (Å²) in [5.41, 5.74) is 1.85. The summed E-state index contributed by atoms with van der Waals surface area (Å²) in [5, 5.41) is 7.42. The van der Waals surface area contributed by atoms with Gasteiger partial charge in [0.15, 0.2) is 0 Å². The monoisotopic (exact) mass is 246 g/mol. The van der Waals surface area contributed by atoms with Gasteiger partial charge >= 0.3 is 0 Å². The zero-order valence-corrected chi connectivity index (χ0v) is 11.0. The highest BCUT2D eigenvalue weighted by atomic mass is 15.3. The lowest BCUT2D eigenvalue weighted by molar-refractivity contribution is 0.522. The van der Waals surface area contributed by atoms with Crippen LogP contribution in [0.25, 0.3) is 0 Å². The normalized spacial score (nSPS) is 12.6. The fraction of sp³-hybridized carbons (Fsp3) is 0.500. The molecule has 1 unspecified atom stereocenters. The molecule has 0 radical (unpaired) electrons. The molecule has 2 rings (SSSR count). The van der Waals surface area contributed by atoms with Crippen LogP contribution in [0.5, 0.6) is 0 Å². The van der Waals surface area contributed by atoms with Gasteiger partial charge in [0.05, 0.1) is 23.6 Å². The minimum absolute atomic E-state index is 0.104. The van der Waals surface area contributed by atoms with Crippen LogP contribution in [-0.4, -0.2) is 31.8 Å². The van der Waals surface area contributed by atoms with E-state index in [1.807, 2.05) is 24.9 Å². The van der Waals surface area contributed by atoms with Crippen molar-refractivity contribution >= 4 is 0 Å². The molecule has 0 saturated heterocycles. The third-order valence-corrected chi connectivity index (χ3v) is 2.89. The summed E-state index contributed by atoms with van der Waals surface area (Å²) >= 11 is 0. The van der Waals surface area contributed by atoms with E-state index in [-0.39, 0.29) is 6.04 Å². The second-order valence-electron chi connectivity index (χ2n) is 4.12. The lowest BCUT2D eigenvalue weighted by atomic mass is 10.1. The summed E-state index contributed by atoms with van der Waals surface area (Å²) in [5.74, 6) is 0.958. The average molecular weight is 246 g/mol. The van der Waals surface area contributed by atoms with E-state index in [4.69, 9.17) is 0 Å². The molecule has 2 aromatic heterocycles. The molecule has 0 aromatic carbocycles. The number of hydrogen-bond acceptors (Lipinski definition) is 5. The summed E-state index contributed by atoms with van der Waals surface area (Å²) < 4.78 is 1.89. The SMILES string of the molecule is CCn1ncnc1CC(NC)c1cnc(C)cn1. The Labute approximate surface area is 106 Å². The number of nitrogens with zero attached hydrogens (tertiary/aromatic N) is 5. The Kier molecular flexibility index (Phi) is 3.99. The highest BCUT2D eigenvalue weighted by Gasteiger charge is 2.15. The first kappa shape index (κ1) is 12.6. The summed E-state index contributed by atoms with van der Waals surface area (Å²) in [6, 6.07) is 0.104. The van der Waals surface area contributed by atoms with Crippen molar-refractivity contribution < 1.29 is 0 Å². The zero-order chi connectivity index (χ0) is 13.0. The predicted octanol–water partition coefficient (Wildman–Crippen LogP) is 0.900. The molecule has 0 fully saturated rings. The zero-order valence-electron chi connectivity index (χ0n) is 11.0. The van der Waals surface area contributed by atoms with Crippen molar-refractivity contribution in [3.8, 4) is 0 Å². The van der Waals surface area contributed by atoms with Crippen molar-refractivity contribution in [2.24, 2.45) is 0 Å². The van der Waals surface area contributed by atoms with Crippen LogP contribution in [0, 0.1) is 6.92 Å². The van der Waals surface area contributed by atoms with Crippen LogP contribution in [0.1, 0.15) is 30.2 Å². The number of hydrogen-bond donors (Lipinski definition) is 1. The van der Waals surface area contributed by atoms with Gasteiger partial charge in [-0.25, -0.2) is 4.98 Å². The molecule has 0 saturated carbocycles. The number of aromatic nitrogens is 5. The number of aryl methyl sites for hydroxylation is 2. The molecule has 0 bridgehead atoms. The van der Waals surface area contributed by atoms with Gasteiger partial charge in [0.1, 0.15) is 12.2 Å². The molecule has 1 N–H and O–H groups in total. The van der Waals surface area contributed by atoms with Crippen LogP contribution < -0.4 is 5.32 Å². The smallest absolute Gasteiger partial charge is 0.138 e. The molecule has 2 heterocycles. The minimum Gasteiger partial charge on any atom is -0.311 e. The van der Waals surface area contributed by atoms with E-state index in [2.05, 4.69) is 32.3 Å². The van der Waals surface area contributed by atoms with Gasteiger partial charge in [-0.15, -0.1) is 0 Å². The third kappa shape index (κ3) is 2.70. The van der Waals surface area contributed by atoms with Crippen molar-refractivity contribution in [2.45, 2.75) is 32.9 Å². The predicted molar refractivity (Wildman–Crippen MR) is 68.0 cm³/mol. The van der Waals surface area contributed by atoms with Crippen molar-refractivity contribution in [2.75, 3.05) is 7.05 Å². The summed E-state index contributed by atoms with van der Waals surface area (Å²) in [6.07, 6.45) is 5.93.